The van der Waals surface area contributed by atoms with Gasteiger partial charge < -0.3 is 75.1 Å². The zero-order valence-corrected chi connectivity index (χ0v) is 22.2. The Morgan fingerprint density at radius 1 is 0.689 bits per heavy atom. The summed E-state index contributed by atoms with van der Waals surface area (Å²) in [6.07, 6.45) is -10.1. The summed E-state index contributed by atoms with van der Waals surface area (Å²) in [5, 5.41) is 112. The van der Waals surface area contributed by atoms with Crippen LogP contribution in [0.1, 0.15) is 31.1 Å². The van der Waals surface area contributed by atoms with Crippen molar-refractivity contribution in [2.75, 3.05) is 6.61 Å². The van der Waals surface area contributed by atoms with Gasteiger partial charge in [-0.05, 0) is 24.3 Å². The van der Waals surface area contributed by atoms with Gasteiger partial charge in [-0.2, -0.15) is 0 Å². The van der Waals surface area contributed by atoms with Crippen LogP contribution in [0.2, 0.25) is 0 Å². The summed E-state index contributed by atoms with van der Waals surface area (Å²) in [5.74, 6) is -14.4. The molecule has 3 aromatic carbocycles. The highest BCUT2D eigenvalue weighted by atomic mass is 16.7. The minimum absolute atomic E-state index is 0.532. The average Bonchev–Trinajstić information content (AvgIpc) is 3.00. The average molecular weight is 634 g/mol. The normalized spacial score (nSPS) is 22.9. The van der Waals surface area contributed by atoms with Crippen LogP contribution >= 0.6 is 0 Å². The summed E-state index contributed by atoms with van der Waals surface area (Å²) in [7, 11) is 0. The van der Waals surface area contributed by atoms with Gasteiger partial charge in [0.15, 0.2) is 58.7 Å². The minimum atomic E-state index is -2.19. The summed E-state index contributed by atoms with van der Waals surface area (Å²) >= 11 is 0. The van der Waals surface area contributed by atoms with E-state index in [1.165, 1.54) is 0 Å². The van der Waals surface area contributed by atoms with E-state index in [2.05, 4.69) is 0 Å². The molecule has 0 radical (unpaired) electrons. The van der Waals surface area contributed by atoms with Crippen LogP contribution in [-0.2, 0) is 18.9 Å². The number of hydrogen-bond donors (Lipinski definition) is 11. The first-order valence-corrected chi connectivity index (χ1v) is 12.5. The number of phenols is 9. The third-order valence-electron chi connectivity index (χ3n) is 7.00. The molecule has 238 valence electrons. The first-order valence-electron chi connectivity index (χ1n) is 12.5. The van der Waals surface area contributed by atoms with E-state index in [0.29, 0.717) is 24.3 Å². The van der Waals surface area contributed by atoms with Crippen LogP contribution in [-0.4, -0.2) is 111 Å². The van der Waals surface area contributed by atoms with Crippen molar-refractivity contribution in [1.82, 2.24) is 0 Å². The number of hydrogen-bond acceptors (Lipinski definition) is 18. The van der Waals surface area contributed by atoms with E-state index >= 15 is 0 Å². The Balaban J connectivity index is 1.58. The highest BCUT2D eigenvalue weighted by molar-refractivity contribution is 6.08. The molecule has 5 atom stereocenters. The molecule has 11 N–H and O–H groups in total. The second kappa shape index (κ2) is 11.0. The van der Waals surface area contributed by atoms with E-state index in [-0.39, 0.29) is 0 Å². The molecule has 0 spiro atoms. The summed E-state index contributed by atoms with van der Waals surface area (Å²) in [6, 6.07) is 2.48. The maximum absolute atomic E-state index is 13.5. The number of ether oxygens (including phenoxy) is 4. The van der Waals surface area contributed by atoms with Crippen LogP contribution in [0.15, 0.2) is 24.3 Å². The lowest BCUT2D eigenvalue weighted by Gasteiger charge is -2.41. The second-order valence-corrected chi connectivity index (χ2v) is 9.79. The van der Waals surface area contributed by atoms with Gasteiger partial charge in [-0.15, -0.1) is 0 Å². The van der Waals surface area contributed by atoms with Crippen molar-refractivity contribution in [3.05, 3.63) is 41.0 Å². The fraction of sp³-hybridized carbons (Fsp3) is 0.222. The topological polar surface area (TPSA) is 311 Å². The molecule has 0 bridgehead atoms. The summed E-state index contributed by atoms with van der Waals surface area (Å²) in [4.78, 5) is 39.3. The van der Waals surface area contributed by atoms with Crippen LogP contribution in [0.5, 0.6) is 51.7 Å². The summed E-state index contributed by atoms with van der Waals surface area (Å²) < 4.78 is 20.8. The second-order valence-electron chi connectivity index (χ2n) is 9.79. The Morgan fingerprint density at radius 2 is 1.18 bits per heavy atom. The van der Waals surface area contributed by atoms with Crippen LogP contribution in [0.25, 0.3) is 11.1 Å². The number of phenolic OH excluding ortho intramolecular Hbond substituents is 9. The van der Waals surface area contributed by atoms with Crippen molar-refractivity contribution in [2.24, 2.45) is 0 Å². The van der Waals surface area contributed by atoms with E-state index in [4.69, 9.17) is 18.9 Å². The highest BCUT2D eigenvalue weighted by Crippen LogP contribution is 2.53. The molecule has 5 rings (SSSR count). The number of aromatic hydroxyl groups is 9. The van der Waals surface area contributed by atoms with E-state index in [9.17, 15) is 70.6 Å². The molecule has 2 heterocycles. The van der Waals surface area contributed by atoms with Crippen molar-refractivity contribution in [3.63, 3.8) is 0 Å². The molecule has 2 aliphatic rings. The molecular formula is C27H22O18. The van der Waals surface area contributed by atoms with Crippen molar-refractivity contribution in [3.8, 4) is 62.9 Å². The maximum Gasteiger partial charge on any atom is 0.339 e. The molecule has 45 heavy (non-hydrogen) atoms. The van der Waals surface area contributed by atoms with Crippen molar-refractivity contribution < 1.29 is 89.5 Å². The number of cyclic esters (lactones) is 1. The molecule has 18 heteroatoms. The van der Waals surface area contributed by atoms with E-state index in [1.54, 1.807) is 0 Å². The van der Waals surface area contributed by atoms with Gasteiger partial charge in [0.2, 0.25) is 11.5 Å². The van der Waals surface area contributed by atoms with Gasteiger partial charge >= 0.3 is 17.9 Å². The lowest BCUT2D eigenvalue weighted by molar-refractivity contribution is -0.284. The lowest BCUT2D eigenvalue weighted by atomic mass is 9.92. The van der Waals surface area contributed by atoms with Crippen molar-refractivity contribution in [1.29, 1.82) is 0 Å². The standard InChI is InChI=1S/C27H22O18/c28-9-1-6(2-10(29)16(9)32)24(38)45-23-21(37)22-13(43-27(23)41)5-42-25(39)7-3-11(30)17(33)19(35)14(7)15-8(26(40)44-22)4-12(31)18(34)20(15)36/h1-4,13,21-23,27-37,41H,5H2/t13-,21+,22+,23+,27-/m1/s1. The highest BCUT2D eigenvalue weighted by Gasteiger charge is 2.50. The van der Waals surface area contributed by atoms with Gasteiger partial charge in [-0.1, -0.05) is 0 Å². The number of carbonyl (C=O) groups is 3. The Hall–Kier alpha value is -5.85. The predicted molar refractivity (Wildman–Crippen MR) is 139 cm³/mol. The Kier molecular flexibility index (Phi) is 7.49. The van der Waals surface area contributed by atoms with Gasteiger partial charge in [-0.25, -0.2) is 14.4 Å². The third kappa shape index (κ3) is 5.07. The van der Waals surface area contributed by atoms with Crippen LogP contribution < -0.4 is 0 Å². The maximum atomic E-state index is 13.5. The molecule has 3 aromatic rings. The molecular weight excluding hydrogens is 612 g/mol. The Bertz CT molecular complexity index is 1730. The van der Waals surface area contributed by atoms with Crippen LogP contribution in [0.3, 0.4) is 0 Å². The smallest absolute Gasteiger partial charge is 0.339 e. The molecule has 0 aliphatic carbocycles. The van der Waals surface area contributed by atoms with E-state index in [1.807, 2.05) is 0 Å². The number of esters is 3. The van der Waals surface area contributed by atoms with Gasteiger partial charge in [-0.3, -0.25) is 0 Å². The zero-order valence-electron chi connectivity index (χ0n) is 22.2. The summed E-state index contributed by atoms with van der Waals surface area (Å²) in [6.45, 7) is -0.925. The predicted octanol–water partition coefficient (Wildman–Crippen LogP) is -0.297. The monoisotopic (exact) mass is 634 g/mol. The number of aliphatic hydroxyl groups is 2. The van der Waals surface area contributed by atoms with Crippen LogP contribution in [0, 0.1) is 0 Å². The van der Waals surface area contributed by atoms with E-state index < -0.39 is 135 Å². The number of benzene rings is 3. The fourth-order valence-corrected chi connectivity index (χ4v) is 4.77. The number of carbonyl (C=O) groups excluding carboxylic acids is 3. The lowest BCUT2D eigenvalue weighted by Crippen LogP contribution is -2.61. The number of aliphatic hydroxyl groups excluding tert-OH is 2. The van der Waals surface area contributed by atoms with Gasteiger partial charge in [0.05, 0.1) is 16.7 Å². The molecule has 0 aromatic heterocycles. The van der Waals surface area contributed by atoms with Gasteiger partial charge in [0.1, 0.15) is 18.8 Å². The Labute approximate surface area is 248 Å². The van der Waals surface area contributed by atoms with Crippen LogP contribution in [0.4, 0.5) is 0 Å². The SMILES string of the molecule is O=C(O[C@H]1[C@@H](O)[C@H]2OC(=O)c3cc(O)c(O)c(O)c3-c3c(cc(O)c(O)c3O)C(=O)OC[C@H]2O[C@H]1O)c1cc(O)c(O)c(O)c1. The zero-order chi connectivity index (χ0) is 33.1. The molecule has 1 saturated heterocycles. The minimum Gasteiger partial charge on any atom is -0.504 e. The Morgan fingerprint density at radius 3 is 1.71 bits per heavy atom. The van der Waals surface area contributed by atoms with Crippen molar-refractivity contribution in [2.45, 2.75) is 30.7 Å². The van der Waals surface area contributed by atoms with Gasteiger partial charge in [0.25, 0.3) is 0 Å². The largest absolute Gasteiger partial charge is 0.504 e. The third-order valence-corrected chi connectivity index (χ3v) is 7.00. The molecule has 1 fully saturated rings. The molecule has 0 saturated carbocycles. The number of fused-ring (bicyclic) bond motifs is 4. The molecule has 0 amide bonds. The summed E-state index contributed by atoms with van der Waals surface area (Å²) in [5.41, 5.74) is -4.02. The van der Waals surface area contributed by atoms with Gasteiger partial charge in [0, 0.05) is 11.1 Å². The molecule has 18 nitrogen and oxygen atoms in total. The molecule has 0 unspecified atom stereocenters. The fourth-order valence-electron chi connectivity index (χ4n) is 4.77. The number of rotatable bonds is 2. The quantitative estimate of drug-likeness (QED) is 0.0979. The molecule has 2 aliphatic heterocycles. The van der Waals surface area contributed by atoms with E-state index in [0.717, 1.165) is 0 Å². The first-order chi connectivity index (χ1) is 21.1. The first kappa shape index (κ1) is 30.6. The van der Waals surface area contributed by atoms with Crippen molar-refractivity contribution >= 4 is 17.9 Å².